The number of rotatable bonds is 4. The zero-order chi connectivity index (χ0) is 15.4. The van der Waals surface area contributed by atoms with E-state index in [4.69, 9.17) is 4.74 Å². The first kappa shape index (κ1) is 14.9. The smallest absolute Gasteiger partial charge is 0.355 e. The van der Waals surface area contributed by atoms with Crippen molar-refractivity contribution in [2.45, 2.75) is 32.8 Å². The van der Waals surface area contributed by atoms with Crippen molar-refractivity contribution in [3.05, 3.63) is 35.4 Å². The minimum atomic E-state index is -0.902. The van der Waals surface area contributed by atoms with Crippen LogP contribution in [0.25, 0.3) is 0 Å². The predicted octanol–water partition coefficient (Wildman–Crippen LogP) is 1.38. The molecular weight excluding hydrogens is 272 g/mol. The van der Waals surface area contributed by atoms with E-state index in [0.29, 0.717) is 5.56 Å². The van der Waals surface area contributed by atoms with Crippen LogP contribution >= 0.6 is 0 Å². The molecule has 0 saturated carbocycles. The third kappa shape index (κ3) is 3.75. The van der Waals surface area contributed by atoms with E-state index in [2.05, 4.69) is 10.5 Å². The van der Waals surface area contributed by atoms with Crippen LogP contribution in [0.4, 0.5) is 0 Å². The van der Waals surface area contributed by atoms with Gasteiger partial charge >= 0.3 is 5.97 Å². The third-order valence-electron chi connectivity index (χ3n) is 3.13. The van der Waals surface area contributed by atoms with Gasteiger partial charge in [0.15, 0.2) is 6.10 Å². The summed E-state index contributed by atoms with van der Waals surface area (Å²) in [6.07, 6.45) is -0.495. The van der Waals surface area contributed by atoms with Crippen molar-refractivity contribution in [3.63, 3.8) is 0 Å². The Bertz CT molecular complexity index is 605. The number of carbonyl (C=O) groups is 3. The highest BCUT2D eigenvalue weighted by Crippen LogP contribution is 2.10. The largest absolute Gasteiger partial charge is 0.450 e. The number of ether oxygens (including phenoxy) is 1. The van der Waals surface area contributed by atoms with Gasteiger partial charge < -0.3 is 4.74 Å². The van der Waals surface area contributed by atoms with E-state index in [1.165, 1.54) is 6.92 Å². The maximum Gasteiger partial charge on any atom is 0.355 e. The molecular formula is C15H16N2O4. The molecule has 1 N–H and O–H groups in total. The summed E-state index contributed by atoms with van der Waals surface area (Å²) in [5.74, 6) is -1.19. The molecule has 0 radical (unpaired) electrons. The number of aryl methyl sites for hydroxylation is 1. The van der Waals surface area contributed by atoms with Crippen molar-refractivity contribution in [1.82, 2.24) is 5.43 Å². The summed E-state index contributed by atoms with van der Waals surface area (Å²) < 4.78 is 5.10. The number of benzene rings is 1. The highest BCUT2D eigenvalue weighted by Gasteiger charge is 2.24. The lowest BCUT2D eigenvalue weighted by Gasteiger charge is -2.15. The maximum atomic E-state index is 12.1. The first-order valence-electron chi connectivity index (χ1n) is 6.64. The Kier molecular flexibility index (Phi) is 4.47. The summed E-state index contributed by atoms with van der Waals surface area (Å²) in [6.45, 7) is 3.44. The normalized spacial score (nSPS) is 15.7. The molecule has 0 fully saturated rings. The van der Waals surface area contributed by atoms with Crippen LogP contribution in [0.2, 0.25) is 0 Å². The van der Waals surface area contributed by atoms with Gasteiger partial charge in [0.2, 0.25) is 11.7 Å². The van der Waals surface area contributed by atoms with Crippen molar-refractivity contribution in [2.75, 3.05) is 0 Å². The Labute approximate surface area is 122 Å². The van der Waals surface area contributed by atoms with Crippen molar-refractivity contribution in [1.29, 1.82) is 0 Å². The van der Waals surface area contributed by atoms with Crippen molar-refractivity contribution in [3.8, 4) is 0 Å². The molecule has 21 heavy (non-hydrogen) atoms. The lowest BCUT2D eigenvalue weighted by Crippen LogP contribution is -2.34. The lowest BCUT2D eigenvalue weighted by atomic mass is 10.1. The van der Waals surface area contributed by atoms with Crippen LogP contribution in [0.15, 0.2) is 29.4 Å². The first-order valence-corrected chi connectivity index (χ1v) is 6.64. The van der Waals surface area contributed by atoms with Crippen molar-refractivity contribution >= 4 is 23.4 Å². The van der Waals surface area contributed by atoms with Crippen molar-refractivity contribution in [2.24, 2.45) is 5.10 Å². The molecule has 1 aromatic carbocycles. The number of hydrogen-bond acceptors (Lipinski definition) is 5. The number of amides is 1. The zero-order valence-electron chi connectivity index (χ0n) is 11.9. The monoisotopic (exact) mass is 288 g/mol. The van der Waals surface area contributed by atoms with Gasteiger partial charge in [0, 0.05) is 18.4 Å². The average Bonchev–Trinajstić information content (AvgIpc) is 2.47. The molecule has 6 nitrogen and oxygen atoms in total. The number of hydrazone groups is 1. The SMILES string of the molecule is Cc1ccc(C(=O)C(C)OC(=O)C2=NNC(=O)CC2)cc1. The molecule has 1 heterocycles. The number of hydrogen-bond donors (Lipinski definition) is 1. The lowest BCUT2D eigenvalue weighted by molar-refractivity contribution is -0.138. The van der Waals surface area contributed by atoms with Crippen LogP contribution in [0.5, 0.6) is 0 Å². The van der Waals surface area contributed by atoms with Gasteiger partial charge in [-0.1, -0.05) is 29.8 Å². The van der Waals surface area contributed by atoms with Crippen LogP contribution in [-0.2, 0) is 14.3 Å². The molecule has 1 amide bonds. The van der Waals surface area contributed by atoms with E-state index >= 15 is 0 Å². The van der Waals surface area contributed by atoms with E-state index in [0.717, 1.165) is 5.56 Å². The van der Waals surface area contributed by atoms with Crippen LogP contribution in [-0.4, -0.2) is 29.5 Å². The molecule has 1 aliphatic heterocycles. The van der Waals surface area contributed by atoms with Crippen LogP contribution in [0, 0.1) is 6.92 Å². The quantitative estimate of drug-likeness (QED) is 0.670. The van der Waals surface area contributed by atoms with E-state index in [1.807, 2.05) is 19.1 Å². The van der Waals surface area contributed by atoms with E-state index < -0.39 is 12.1 Å². The van der Waals surface area contributed by atoms with E-state index in [-0.39, 0.29) is 30.2 Å². The minimum Gasteiger partial charge on any atom is -0.450 e. The van der Waals surface area contributed by atoms with Gasteiger partial charge in [-0.3, -0.25) is 9.59 Å². The number of carbonyl (C=O) groups excluding carboxylic acids is 3. The van der Waals surface area contributed by atoms with Crippen LogP contribution in [0.3, 0.4) is 0 Å². The summed E-state index contributed by atoms with van der Waals surface area (Å²) in [7, 11) is 0. The van der Waals surface area contributed by atoms with E-state index in [9.17, 15) is 14.4 Å². The van der Waals surface area contributed by atoms with Gasteiger partial charge in [-0.2, -0.15) is 5.10 Å². The predicted molar refractivity (Wildman–Crippen MR) is 75.9 cm³/mol. The maximum absolute atomic E-state index is 12.1. The summed E-state index contributed by atoms with van der Waals surface area (Å²) in [5.41, 5.74) is 3.87. The molecule has 1 aromatic rings. The Morgan fingerprint density at radius 3 is 2.48 bits per heavy atom. The van der Waals surface area contributed by atoms with Crippen LogP contribution < -0.4 is 5.43 Å². The second-order valence-electron chi connectivity index (χ2n) is 4.87. The number of nitrogens with zero attached hydrogens (tertiary/aromatic N) is 1. The van der Waals surface area contributed by atoms with Gasteiger partial charge in [-0.05, 0) is 13.8 Å². The molecule has 0 aliphatic carbocycles. The molecule has 1 aliphatic rings. The highest BCUT2D eigenvalue weighted by molar-refractivity contribution is 6.37. The molecule has 0 spiro atoms. The third-order valence-corrected chi connectivity index (χ3v) is 3.13. The standard InChI is InChI=1S/C15H16N2O4/c1-9-3-5-11(6-4-9)14(19)10(2)21-15(20)12-7-8-13(18)17-16-12/h3-6,10H,7-8H2,1-2H3,(H,17,18). The Hall–Kier alpha value is -2.50. The molecule has 110 valence electrons. The van der Waals surface area contributed by atoms with Crippen molar-refractivity contribution < 1.29 is 19.1 Å². The summed E-state index contributed by atoms with van der Waals surface area (Å²) in [5, 5.41) is 3.64. The molecule has 1 atom stereocenters. The number of esters is 1. The second kappa shape index (κ2) is 6.30. The number of ketones is 1. The summed E-state index contributed by atoms with van der Waals surface area (Å²) >= 11 is 0. The van der Waals surface area contributed by atoms with Gasteiger partial charge in [0.05, 0.1) is 0 Å². The summed E-state index contributed by atoms with van der Waals surface area (Å²) in [6, 6.07) is 7.03. The molecule has 0 aromatic heterocycles. The fourth-order valence-electron chi connectivity index (χ4n) is 1.86. The zero-order valence-corrected chi connectivity index (χ0v) is 11.9. The molecule has 1 unspecified atom stereocenters. The Balaban J connectivity index is 1.99. The van der Waals surface area contributed by atoms with Gasteiger partial charge in [-0.25, -0.2) is 10.2 Å². The minimum absolute atomic E-state index is 0.123. The molecule has 0 saturated heterocycles. The fraction of sp³-hybridized carbons (Fsp3) is 0.333. The Morgan fingerprint density at radius 1 is 1.24 bits per heavy atom. The Morgan fingerprint density at radius 2 is 1.90 bits per heavy atom. The van der Waals surface area contributed by atoms with Gasteiger partial charge in [0.25, 0.3) is 0 Å². The van der Waals surface area contributed by atoms with Gasteiger partial charge in [0.1, 0.15) is 5.71 Å². The van der Waals surface area contributed by atoms with E-state index in [1.54, 1.807) is 12.1 Å². The fourth-order valence-corrected chi connectivity index (χ4v) is 1.86. The molecule has 2 rings (SSSR count). The number of nitrogens with one attached hydrogen (secondary N) is 1. The van der Waals surface area contributed by atoms with Gasteiger partial charge in [-0.15, -0.1) is 0 Å². The topological polar surface area (TPSA) is 84.8 Å². The average molecular weight is 288 g/mol. The molecule has 6 heteroatoms. The highest BCUT2D eigenvalue weighted by atomic mass is 16.5. The molecule has 0 bridgehead atoms. The first-order chi connectivity index (χ1) is 9.97. The summed E-state index contributed by atoms with van der Waals surface area (Å²) in [4.78, 5) is 34.9. The number of Topliss-reactive ketones (excluding diaryl/α,β-unsaturated/α-hetero) is 1. The van der Waals surface area contributed by atoms with Crippen LogP contribution in [0.1, 0.15) is 35.7 Å². The second-order valence-corrected chi connectivity index (χ2v) is 4.87.